The van der Waals surface area contributed by atoms with Crippen molar-refractivity contribution in [3.8, 4) is 11.3 Å². The SMILES string of the molecule is O=C(CCC1CCNC1)Nc1cccc(-c2ccn[nH]2)c1. The van der Waals surface area contributed by atoms with Crippen LogP contribution in [0.4, 0.5) is 5.69 Å². The van der Waals surface area contributed by atoms with Gasteiger partial charge in [0.05, 0.1) is 5.69 Å². The van der Waals surface area contributed by atoms with E-state index in [4.69, 9.17) is 0 Å². The molecule has 1 aromatic heterocycles. The van der Waals surface area contributed by atoms with Crippen molar-refractivity contribution >= 4 is 11.6 Å². The van der Waals surface area contributed by atoms with Crippen LogP contribution in [0.3, 0.4) is 0 Å². The lowest BCUT2D eigenvalue weighted by Gasteiger charge is -2.09. The standard InChI is InChI=1S/C16H20N4O/c21-16(5-4-12-6-8-17-11-12)19-14-3-1-2-13(10-14)15-7-9-18-20-15/h1-3,7,9-10,12,17H,4-6,8,11H2,(H,18,20)(H,19,21). The molecule has 1 aliphatic heterocycles. The third-order valence-electron chi connectivity index (χ3n) is 3.90. The number of aromatic nitrogens is 2. The summed E-state index contributed by atoms with van der Waals surface area (Å²) in [6, 6.07) is 9.71. The number of carbonyl (C=O) groups excluding carboxylic acids is 1. The molecule has 0 saturated carbocycles. The molecule has 1 fully saturated rings. The lowest BCUT2D eigenvalue weighted by atomic mass is 10.0. The Hall–Kier alpha value is -2.14. The first-order valence-corrected chi connectivity index (χ1v) is 7.41. The molecule has 0 spiro atoms. The Balaban J connectivity index is 1.56. The van der Waals surface area contributed by atoms with E-state index in [1.165, 1.54) is 6.42 Å². The van der Waals surface area contributed by atoms with Crippen LogP contribution in [-0.4, -0.2) is 29.2 Å². The molecule has 1 aliphatic rings. The second-order valence-corrected chi connectivity index (χ2v) is 5.50. The van der Waals surface area contributed by atoms with Gasteiger partial charge >= 0.3 is 0 Å². The van der Waals surface area contributed by atoms with Gasteiger partial charge in [0.25, 0.3) is 0 Å². The molecule has 5 heteroatoms. The van der Waals surface area contributed by atoms with Crippen LogP contribution in [0.15, 0.2) is 36.5 Å². The number of hydrogen-bond acceptors (Lipinski definition) is 3. The van der Waals surface area contributed by atoms with Gasteiger partial charge in [-0.15, -0.1) is 0 Å². The molecular formula is C16H20N4O. The number of aromatic amines is 1. The van der Waals surface area contributed by atoms with Gasteiger partial charge in [0.1, 0.15) is 0 Å². The highest BCUT2D eigenvalue weighted by molar-refractivity contribution is 5.91. The Labute approximate surface area is 124 Å². The van der Waals surface area contributed by atoms with Crippen LogP contribution in [0, 0.1) is 5.92 Å². The maximum absolute atomic E-state index is 12.0. The molecule has 1 saturated heterocycles. The molecule has 21 heavy (non-hydrogen) atoms. The number of benzene rings is 1. The predicted molar refractivity (Wildman–Crippen MR) is 82.9 cm³/mol. The van der Waals surface area contributed by atoms with Crippen molar-refractivity contribution in [1.82, 2.24) is 15.5 Å². The highest BCUT2D eigenvalue weighted by atomic mass is 16.1. The highest BCUT2D eigenvalue weighted by Crippen LogP contribution is 2.21. The van der Waals surface area contributed by atoms with Crippen molar-refractivity contribution in [3.63, 3.8) is 0 Å². The van der Waals surface area contributed by atoms with E-state index in [2.05, 4.69) is 20.8 Å². The summed E-state index contributed by atoms with van der Waals surface area (Å²) in [5.74, 6) is 0.732. The van der Waals surface area contributed by atoms with Gasteiger partial charge in [-0.3, -0.25) is 9.89 Å². The van der Waals surface area contributed by atoms with Crippen LogP contribution in [0.25, 0.3) is 11.3 Å². The van der Waals surface area contributed by atoms with Gasteiger partial charge in [0.15, 0.2) is 0 Å². The number of carbonyl (C=O) groups is 1. The molecule has 2 heterocycles. The molecule has 5 nitrogen and oxygen atoms in total. The van der Waals surface area contributed by atoms with Crippen molar-refractivity contribution in [2.45, 2.75) is 19.3 Å². The Morgan fingerprint density at radius 2 is 2.33 bits per heavy atom. The number of anilines is 1. The third-order valence-corrected chi connectivity index (χ3v) is 3.90. The van der Waals surface area contributed by atoms with Gasteiger partial charge in [0.2, 0.25) is 5.91 Å². The largest absolute Gasteiger partial charge is 0.326 e. The van der Waals surface area contributed by atoms with E-state index < -0.39 is 0 Å². The van der Waals surface area contributed by atoms with E-state index in [9.17, 15) is 4.79 Å². The zero-order valence-electron chi connectivity index (χ0n) is 11.9. The molecule has 1 aromatic carbocycles. The van der Waals surface area contributed by atoms with Gasteiger partial charge in [-0.2, -0.15) is 5.10 Å². The average molecular weight is 284 g/mol. The molecule has 110 valence electrons. The number of hydrogen-bond donors (Lipinski definition) is 3. The molecular weight excluding hydrogens is 264 g/mol. The van der Waals surface area contributed by atoms with E-state index in [-0.39, 0.29) is 5.91 Å². The number of H-pyrrole nitrogens is 1. The number of nitrogens with one attached hydrogen (secondary N) is 3. The van der Waals surface area contributed by atoms with Crippen LogP contribution in [0.2, 0.25) is 0 Å². The fourth-order valence-electron chi connectivity index (χ4n) is 2.70. The topological polar surface area (TPSA) is 69.8 Å². The summed E-state index contributed by atoms with van der Waals surface area (Å²) in [5.41, 5.74) is 2.80. The minimum Gasteiger partial charge on any atom is -0.326 e. The lowest BCUT2D eigenvalue weighted by molar-refractivity contribution is -0.116. The Bertz CT molecular complexity index is 588. The molecule has 1 atom stereocenters. The number of amides is 1. The lowest BCUT2D eigenvalue weighted by Crippen LogP contribution is -2.15. The Morgan fingerprint density at radius 1 is 1.38 bits per heavy atom. The van der Waals surface area contributed by atoms with Crippen molar-refractivity contribution in [1.29, 1.82) is 0 Å². The van der Waals surface area contributed by atoms with Gasteiger partial charge < -0.3 is 10.6 Å². The fourth-order valence-corrected chi connectivity index (χ4v) is 2.70. The average Bonchev–Trinajstić information content (AvgIpc) is 3.19. The minimum atomic E-state index is 0.0867. The smallest absolute Gasteiger partial charge is 0.224 e. The van der Waals surface area contributed by atoms with E-state index in [1.807, 2.05) is 30.3 Å². The normalized spacial score (nSPS) is 17.8. The molecule has 1 unspecified atom stereocenters. The van der Waals surface area contributed by atoms with Crippen LogP contribution in [0.5, 0.6) is 0 Å². The molecule has 2 aromatic rings. The van der Waals surface area contributed by atoms with Crippen molar-refractivity contribution < 1.29 is 4.79 Å². The zero-order chi connectivity index (χ0) is 14.5. The van der Waals surface area contributed by atoms with Crippen LogP contribution in [0.1, 0.15) is 19.3 Å². The summed E-state index contributed by atoms with van der Waals surface area (Å²) in [4.78, 5) is 12.0. The van der Waals surface area contributed by atoms with Gasteiger partial charge in [-0.05, 0) is 50.0 Å². The van der Waals surface area contributed by atoms with E-state index in [0.29, 0.717) is 12.3 Å². The molecule has 0 aliphatic carbocycles. The van der Waals surface area contributed by atoms with Crippen LogP contribution < -0.4 is 10.6 Å². The van der Waals surface area contributed by atoms with Gasteiger partial charge in [-0.25, -0.2) is 0 Å². The van der Waals surface area contributed by atoms with E-state index in [0.717, 1.165) is 36.5 Å². The van der Waals surface area contributed by atoms with Gasteiger partial charge in [-0.1, -0.05) is 12.1 Å². The monoisotopic (exact) mass is 284 g/mol. The van der Waals surface area contributed by atoms with Crippen molar-refractivity contribution in [2.75, 3.05) is 18.4 Å². The Morgan fingerprint density at radius 3 is 3.10 bits per heavy atom. The highest BCUT2D eigenvalue weighted by Gasteiger charge is 2.15. The van der Waals surface area contributed by atoms with E-state index in [1.54, 1.807) is 6.20 Å². The minimum absolute atomic E-state index is 0.0867. The van der Waals surface area contributed by atoms with Crippen molar-refractivity contribution in [2.24, 2.45) is 5.92 Å². The first-order valence-electron chi connectivity index (χ1n) is 7.41. The zero-order valence-corrected chi connectivity index (χ0v) is 11.9. The summed E-state index contributed by atoms with van der Waals surface area (Å²) < 4.78 is 0. The Kier molecular flexibility index (Phi) is 4.31. The molecule has 0 bridgehead atoms. The summed E-state index contributed by atoms with van der Waals surface area (Å²) in [6.07, 6.45) is 4.44. The summed E-state index contributed by atoms with van der Waals surface area (Å²) in [6.45, 7) is 2.13. The molecule has 3 N–H and O–H groups in total. The third kappa shape index (κ3) is 3.70. The van der Waals surface area contributed by atoms with Gasteiger partial charge in [0, 0.05) is 23.9 Å². The maximum atomic E-state index is 12.0. The second-order valence-electron chi connectivity index (χ2n) is 5.50. The molecule has 3 rings (SSSR count). The van der Waals surface area contributed by atoms with Crippen LogP contribution in [-0.2, 0) is 4.79 Å². The number of rotatable bonds is 5. The van der Waals surface area contributed by atoms with Crippen molar-refractivity contribution in [3.05, 3.63) is 36.5 Å². The molecule has 1 amide bonds. The summed E-state index contributed by atoms with van der Waals surface area (Å²) in [5, 5.41) is 13.2. The number of nitrogens with zero attached hydrogens (tertiary/aromatic N) is 1. The molecule has 0 radical (unpaired) electrons. The predicted octanol–water partition coefficient (Wildman–Crippen LogP) is 2.40. The first kappa shape index (κ1) is 13.8. The first-order chi connectivity index (χ1) is 10.3. The second kappa shape index (κ2) is 6.54. The summed E-state index contributed by atoms with van der Waals surface area (Å²) >= 11 is 0. The fraction of sp³-hybridized carbons (Fsp3) is 0.375. The summed E-state index contributed by atoms with van der Waals surface area (Å²) in [7, 11) is 0. The van der Waals surface area contributed by atoms with E-state index >= 15 is 0 Å². The maximum Gasteiger partial charge on any atom is 0.224 e. The van der Waals surface area contributed by atoms with Crippen LogP contribution >= 0.6 is 0 Å². The quantitative estimate of drug-likeness (QED) is 0.789.